The smallest absolute Gasteiger partial charge is 0.334 e. The highest BCUT2D eigenvalue weighted by molar-refractivity contribution is 7.54. The zero-order chi connectivity index (χ0) is 12.6. The molecule has 0 aliphatic heterocycles. The maximum absolute atomic E-state index is 12.1. The minimum atomic E-state index is -3.05. The van der Waals surface area contributed by atoms with Gasteiger partial charge in [-0.15, -0.1) is 0 Å². The molecule has 0 aromatic rings. The molecule has 1 N–H and O–H groups in total. The van der Waals surface area contributed by atoms with E-state index >= 15 is 0 Å². The van der Waals surface area contributed by atoms with Crippen molar-refractivity contribution in [1.29, 1.82) is 0 Å². The van der Waals surface area contributed by atoms with E-state index in [4.69, 9.17) is 14.3 Å². The minimum absolute atomic E-state index is 0.210. The Bertz CT molecular complexity index is 302. The molecule has 0 rings (SSSR count). The molecule has 0 radical (unpaired) electrons. The number of rotatable bonds is 7. The number of hydrogen-bond donors (Lipinski definition) is 1. The van der Waals surface area contributed by atoms with Crippen LogP contribution in [-0.4, -0.2) is 30.3 Å². The Morgan fingerprint density at radius 3 is 2.19 bits per heavy atom. The monoisotopic (exact) mass is 249 g/mol. The number of hydrogen-bond acceptors (Lipinski definition) is 5. The van der Waals surface area contributed by atoms with Crippen LogP contribution in [0.15, 0.2) is 16.8 Å². The lowest BCUT2D eigenvalue weighted by atomic mass is 10.2. The van der Waals surface area contributed by atoms with Crippen LogP contribution in [0.3, 0.4) is 0 Å². The lowest BCUT2D eigenvalue weighted by Gasteiger charge is -2.17. The van der Waals surface area contributed by atoms with Crippen molar-refractivity contribution in [3.05, 3.63) is 11.6 Å². The lowest BCUT2D eigenvalue weighted by molar-refractivity contribution is 0.222. The highest BCUT2D eigenvalue weighted by Gasteiger charge is 2.23. The van der Waals surface area contributed by atoms with Crippen molar-refractivity contribution in [3.63, 3.8) is 0 Å². The van der Waals surface area contributed by atoms with E-state index in [0.717, 1.165) is 5.57 Å². The summed E-state index contributed by atoms with van der Waals surface area (Å²) in [7, 11) is -3.05. The van der Waals surface area contributed by atoms with E-state index in [1.54, 1.807) is 33.8 Å². The number of oxime groups is 1. The number of allylic oxidation sites excluding steroid dienone is 2. The SMILES string of the molecule is CCOP(=O)(C/C(C)=C/C(C)=N\O)OCC. The molecule has 0 heterocycles. The second-order valence-electron chi connectivity index (χ2n) is 3.34. The van der Waals surface area contributed by atoms with Gasteiger partial charge < -0.3 is 14.3 Å². The van der Waals surface area contributed by atoms with Gasteiger partial charge in [0.05, 0.1) is 25.1 Å². The lowest BCUT2D eigenvalue weighted by Crippen LogP contribution is -2.02. The highest BCUT2D eigenvalue weighted by Crippen LogP contribution is 2.49. The molecule has 94 valence electrons. The van der Waals surface area contributed by atoms with Crippen LogP contribution in [0.25, 0.3) is 0 Å². The van der Waals surface area contributed by atoms with Crippen molar-refractivity contribution in [2.75, 3.05) is 19.4 Å². The van der Waals surface area contributed by atoms with Crippen molar-refractivity contribution in [2.24, 2.45) is 5.16 Å². The van der Waals surface area contributed by atoms with Gasteiger partial charge in [-0.1, -0.05) is 10.7 Å². The van der Waals surface area contributed by atoms with E-state index in [0.29, 0.717) is 18.9 Å². The second kappa shape index (κ2) is 7.60. The molecule has 0 aromatic carbocycles. The van der Waals surface area contributed by atoms with Gasteiger partial charge in [0, 0.05) is 0 Å². The van der Waals surface area contributed by atoms with Crippen molar-refractivity contribution < 1.29 is 18.8 Å². The maximum atomic E-state index is 12.1. The zero-order valence-electron chi connectivity index (χ0n) is 10.3. The molecule has 0 saturated carbocycles. The molecule has 0 atom stereocenters. The van der Waals surface area contributed by atoms with Gasteiger partial charge >= 0.3 is 7.60 Å². The normalized spacial score (nSPS) is 14.2. The molecule has 0 aromatic heterocycles. The summed E-state index contributed by atoms with van der Waals surface area (Å²) in [5, 5.41) is 11.5. The topological polar surface area (TPSA) is 68.1 Å². The molecule has 6 heteroatoms. The van der Waals surface area contributed by atoms with Crippen LogP contribution in [0.4, 0.5) is 0 Å². The van der Waals surface area contributed by atoms with Gasteiger partial charge in [0.2, 0.25) is 0 Å². The predicted octanol–water partition coefficient (Wildman–Crippen LogP) is 3.05. The Hall–Kier alpha value is -0.640. The molecule has 0 spiro atoms. The Balaban J connectivity index is 4.63. The van der Waals surface area contributed by atoms with E-state index < -0.39 is 7.60 Å². The molecular weight excluding hydrogens is 229 g/mol. The van der Waals surface area contributed by atoms with Gasteiger partial charge in [-0.05, 0) is 33.8 Å². The molecule has 16 heavy (non-hydrogen) atoms. The summed E-state index contributed by atoms with van der Waals surface area (Å²) in [6.07, 6.45) is 1.85. The third-order valence-electron chi connectivity index (χ3n) is 1.71. The molecule has 0 unspecified atom stereocenters. The first-order valence-corrected chi connectivity index (χ1v) is 6.94. The maximum Gasteiger partial charge on any atom is 0.334 e. The van der Waals surface area contributed by atoms with Gasteiger partial charge in [-0.25, -0.2) is 0 Å². The molecular formula is C10H20NO4P. The average Bonchev–Trinajstić information content (AvgIpc) is 2.17. The van der Waals surface area contributed by atoms with Gasteiger partial charge in [-0.2, -0.15) is 0 Å². The quantitative estimate of drug-likeness (QED) is 0.326. The first kappa shape index (κ1) is 15.4. The minimum Gasteiger partial charge on any atom is -0.411 e. The number of nitrogens with zero attached hydrogens (tertiary/aromatic N) is 1. The van der Waals surface area contributed by atoms with Gasteiger partial charge in [-0.3, -0.25) is 4.57 Å². The Morgan fingerprint density at radius 2 is 1.81 bits per heavy atom. The predicted molar refractivity (Wildman–Crippen MR) is 64.4 cm³/mol. The molecule has 0 aliphatic carbocycles. The first-order valence-electron chi connectivity index (χ1n) is 5.21. The zero-order valence-corrected chi connectivity index (χ0v) is 11.2. The van der Waals surface area contributed by atoms with E-state index in [-0.39, 0.29) is 6.16 Å². The Kier molecular flexibility index (Phi) is 7.30. The van der Waals surface area contributed by atoms with E-state index in [1.807, 2.05) is 0 Å². The largest absolute Gasteiger partial charge is 0.411 e. The highest BCUT2D eigenvalue weighted by atomic mass is 31.2. The van der Waals surface area contributed by atoms with Crippen LogP contribution in [0, 0.1) is 0 Å². The van der Waals surface area contributed by atoms with Crippen LogP contribution < -0.4 is 0 Å². The molecule has 0 aliphatic rings. The summed E-state index contributed by atoms with van der Waals surface area (Å²) >= 11 is 0. The van der Waals surface area contributed by atoms with Crippen LogP contribution in [0.5, 0.6) is 0 Å². The third kappa shape index (κ3) is 6.05. The fourth-order valence-corrected chi connectivity index (χ4v) is 3.00. The van der Waals surface area contributed by atoms with Crippen molar-refractivity contribution in [3.8, 4) is 0 Å². The van der Waals surface area contributed by atoms with Crippen LogP contribution in [0.2, 0.25) is 0 Å². The van der Waals surface area contributed by atoms with Crippen LogP contribution >= 0.6 is 7.60 Å². The molecule has 0 saturated heterocycles. The first-order chi connectivity index (χ1) is 7.47. The molecule has 0 bridgehead atoms. The van der Waals surface area contributed by atoms with Crippen molar-refractivity contribution >= 4 is 13.3 Å². The second-order valence-corrected chi connectivity index (χ2v) is 5.39. The molecule has 0 amide bonds. The Labute approximate surface area is 96.7 Å². The molecule has 5 nitrogen and oxygen atoms in total. The summed E-state index contributed by atoms with van der Waals surface area (Å²) in [6.45, 7) is 7.67. The Morgan fingerprint density at radius 1 is 1.31 bits per heavy atom. The van der Waals surface area contributed by atoms with Crippen LogP contribution in [0.1, 0.15) is 27.7 Å². The van der Waals surface area contributed by atoms with Crippen molar-refractivity contribution in [1.82, 2.24) is 0 Å². The fourth-order valence-electron chi connectivity index (χ4n) is 1.26. The average molecular weight is 249 g/mol. The third-order valence-corrected chi connectivity index (χ3v) is 3.90. The summed E-state index contributed by atoms with van der Waals surface area (Å²) in [4.78, 5) is 0. The van der Waals surface area contributed by atoms with Gasteiger partial charge in [0.25, 0.3) is 0 Å². The molecule has 0 fully saturated rings. The van der Waals surface area contributed by atoms with Crippen LogP contribution in [-0.2, 0) is 13.6 Å². The van der Waals surface area contributed by atoms with E-state index in [1.165, 1.54) is 0 Å². The standard InChI is InChI=1S/C10H20NO4P/c1-5-14-16(13,15-6-2)8-9(3)7-10(4)11-12/h7,12H,5-6,8H2,1-4H3/b9-7+,11-10-. The van der Waals surface area contributed by atoms with Crippen molar-refractivity contribution in [2.45, 2.75) is 27.7 Å². The summed E-state index contributed by atoms with van der Waals surface area (Å²) < 4.78 is 22.4. The summed E-state index contributed by atoms with van der Waals surface area (Å²) in [5.41, 5.74) is 1.25. The van der Waals surface area contributed by atoms with E-state index in [2.05, 4.69) is 5.16 Å². The fraction of sp³-hybridized carbons (Fsp3) is 0.700. The van der Waals surface area contributed by atoms with E-state index in [9.17, 15) is 4.57 Å². The van der Waals surface area contributed by atoms with Gasteiger partial charge in [0.15, 0.2) is 0 Å². The summed E-state index contributed by atoms with van der Waals surface area (Å²) in [6, 6.07) is 0. The van der Waals surface area contributed by atoms with Gasteiger partial charge in [0.1, 0.15) is 0 Å². The summed E-state index contributed by atoms with van der Waals surface area (Å²) in [5.74, 6) is 0.